The van der Waals surface area contributed by atoms with Gasteiger partial charge in [-0.15, -0.1) is 0 Å². The van der Waals surface area contributed by atoms with Gasteiger partial charge in [-0.3, -0.25) is 4.98 Å². The predicted octanol–water partition coefficient (Wildman–Crippen LogP) is 3.32. The Morgan fingerprint density at radius 1 is 1.18 bits per heavy atom. The largest absolute Gasteiger partial charge is 0.421 e. The zero-order valence-corrected chi connectivity index (χ0v) is 11.8. The minimum atomic E-state index is -4.81. The van der Waals surface area contributed by atoms with Crippen LogP contribution in [-0.4, -0.2) is 26.0 Å². The maximum absolute atomic E-state index is 12.9. The number of hydrogen-bond acceptors (Lipinski definition) is 3. The summed E-state index contributed by atoms with van der Waals surface area (Å²) in [7, 11) is 0. The number of nitrogens with zero attached hydrogens (tertiary/aromatic N) is 3. The summed E-state index contributed by atoms with van der Waals surface area (Å²) in [5.74, 6) is 0. The summed E-state index contributed by atoms with van der Waals surface area (Å²) in [4.78, 5) is 3.77. The molecular formula is C15H14F3N3O. The Morgan fingerprint density at radius 2 is 1.86 bits per heavy atom. The first kappa shape index (κ1) is 16.0. The monoisotopic (exact) mass is 309 g/mol. The van der Waals surface area contributed by atoms with Crippen LogP contribution in [0.2, 0.25) is 0 Å². The molecule has 0 amide bonds. The van der Waals surface area contributed by atoms with E-state index in [1.807, 2.05) is 0 Å². The molecule has 1 N–H and O–H groups in total. The molecule has 0 saturated heterocycles. The molecule has 2 rings (SSSR count). The zero-order valence-electron chi connectivity index (χ0n) is 11.8. The van der Waals surface area contributed by atoms with Crippen LogP contribution in [0.15, 0.2) is 37.8 Å². The number of pyridine rings is 1. The minimum absolute atomic E-state index is 0.282. The SMILES string of the molecule is C=Cc1cnn(-c2cncc(C(C)(O)C(F)(F)F)c2)c1C=C. The molecule has 0 saturated carbocycles. The molecule has 2 aromatic rings. The second-order valence-electron chi connectivity index (χ2n) is 4.81. The number of rotatable bonds is 4. The van der Waals surface area contributed by atoms with Crippen LogP contribution in [0.3, 0.4) is 0 Å². The van der Waals surface area contributed by atoms with E-state index in [0.717, 1.165) is 6.20 Å². The van der Waals surface area contributed by atoms with Crippen molar-refractivity contribution in [2.45, 2.75) is 18.7 Å². The van der Waals surface area contributed by atoms with Crippen molar-refractivity contribution in [1.29, 1.82) is 0 Å². The van der Waals surface area contributed by atoms with Gasteiger partial charge in [-0.25, -0.2) is 4.68 Å². The van der Waals surface area contributed by atoms with Crippen LogP contribution in [0.4, 0.5) is 13.2 Å². The average Bonchev–Trinajstić information content (AvgIpc) is 2.89. The van der Waals surface area contributed by atoms with Crippen molar-refractivity contribution in [3.05, 3.63) is 54.6 Å². The van der Waals surface area contributed by atoms with Gasteiger partial charge in [0.25, 0.3) is 0 Å². The Morgan fingerprint density at radius 3 is 2.41 bits per heavy atom. The number of alkyl halides is 3. The molecule has 0 bridgehead atoms. The fourth-order valence-electron chi connectivity index (χ4n) is 1.91. The molecule has 0 fully saturated rings. The van der Waals surface area contributed by atoms with Gasteiger partial charge in [0.2, 0.25) is 0 Å². The van der Waals surface area contributed by atoms with Crippen LogP contribution in [0, 0.1) is 0 Å². The van der Waals surface area contributed by atoms with Crippen molar-refractivity contribution >= 4 is 12.2 Å². The molecule has 0 aliphatic carbocycles. The van der Waals surface area contributed by atoms with Crippen LogP contribution in [0.25, 0.3) is 17.8 Å². The Bertz CT molecular complexity index is 717. The maximum Gasteiger partial charge on any atom is 0.421 e. The Labute approximate surface area is 125 Å². The van der Waals surface area contributed by atoms with Gasteiger partial charge in [0.05, 0.1) is 23.8 Å². The predicted molar refractivity (Wildman–Crippen MR) is 77.2 cm³/mol. The Hall–Kier alpha value is -2.41. The van der Waals surface area contributed by atoms with Gasteiger partial charge < -0.3 is 5.11 Å². The molecule has 4 nitrogen and oxygen atoms in total. The molecule has 0 radical (unpaired) electrons. The zero-order chi connectivity index (χ0) is 16.5. The molecule has 0 spiro atoms. The van der Waals surface area contributed by atoms with Crippen molar-refractivity contribution in [2.75, 3.05) is 0 Å². The summed E-state index contributed by atoms with van der Waals surface area (Å²) in [5, 5.41) is 13.8. The first-order valence-corrected chi connectivity index (χ1v) is 6.30. The summed E-state index contributed by atoms with van der Waals surface area (Å²) < 4.78 is 40.2. The lowest BCUT2D eigenvalue weighted by molar-refractivity contribution is -0.259. The summed E-state index contributed by atoms with van der Waals surface area (Å²) in [6.07, 6.45) is 2.09. The van der Waals surface area contributed by atoms with Crippen LogP contribution in [0.1, 0.15) is 23.7 Å². The smallest absolute Gasteiger partial charge is 0.376 e. The third kappa shape index (κ3) is 2.55. The van der Waals surface area contributed by atoms with Gasteiger partial charge in [-0.2, -0.15) is 18.3 Å². The van der Waals surface area contributed by atoms with Gasteiger partial charge in [-0.1, -0.05) is 19.2 Å². The molecule has 0 aliphatic heterocycles. The van der Waals surface area contributed by atoms with E-state index in [0.29, 0.717) is 18.2 Å². The molecule has 22 heavy (non-hydrogen) atoms. The van der Waals surface area contributed by atoms with E-state index in [2.05, 4.69) is 23.2 Å². The van der Waals surface area contributed by atoms with Crippen molar-refractivity contribution in [1.82, 2.24) is 14.8 Å². The van der Waals surface area contributed by atoms with Crippen LogP contribution in [0.5, 0.6) is 0 Å². The highest BCUT2D eigenvalue weighted by molar-refractivity contribution is 5.62. The van der Waals surface area contributed by atoms with E-state index in [4.69, 9.17) is 0 Å². The van der Waals surface area contributed by atoms with Crippen molar-refractivity contribution in [2.24, 2.45) is 0 Å². The lowest BCUT2D eigenvalue weighted by atomic mass is 9.97. The third-order valence-electron chi connectivity index (χ3n) is 3.33. The quantitative estimate of drug-likeness (QED) is 0.942. The first-order valence-electron chi connectivity index (χ1n) is 6.30. The number of aromatic nitrogens is 3. The second-order valence-corrected chi connectivity index (χ2v) is 4.81. The molecule has 2 heterocycles. The number of aliphatic hydroxyl groups is 1. The van der Waals surface area contributed by atoms with Crippen LogP contribution in [-0.2, 0) is 5.60 Å². The Balaban J connectivity index is 2.57. The van der Waals surface area contributed by atoms with E-state index >= 15 is 0 Å². The summed E-state index contributed by atoms with van der Waals surface area (Å²) in [6, 6.07) is 1.19. The first-order chi connectivity index (χ1) is 10.2. The Kier molecular flexibility index (Phi) is 3.93. The molecule has 1 unspecified atom stereocenters. The highest BCUT2D eigenvalue weighted by Crippen LogP contribution is 2.38. The lowest BCUT2D eigenvalue weighted by Crippen LogP contribution is -2.39. The van der Waals surface area contributed by atoms with Crippen LogP contribution >= 0.6 is 0 Å². The van der Waals surface area contributed by atoms with Gasteiger partial charge in [0, 0.05) is 17.3 Å². The van der Waals surface area contributed by atoms with Gasteiger partial charge in [-0.05, 0) is 19.1 Å². The van der Waals surface area contributed by atoms with Gasteiger partial charge in [0.15, 0.2) is 5.60 Å². The lowest BCUT2D eigenvalue weighted by Gasteiger charge is -2.26. The van der Waals surface area contributed by atoms with Crippen LogP contribution < -0.4 is 0 Å². The van der Waals surface area contributed by atoms with Gasteiger partial charge in [0.1, 0.15) is 0 Å². The highest BCUT2D eigenvalue weighted by atomic mass is 19.4. The van der Waals surface area contributed by atoms with E-state index in [1.165, 1.54) is 29.2 Å². The van der Waals surface area contributed by atoms with E-state index in [1.54, 1.807) is 6.08 Å². The van der Waals surface area contributed by atoms with Gasteiger partial charge >= 0.3 is 6.18 Å². The third-order valence-corrected chi connectivity index (χ3v) is 3.33. The molecule has 116 valence electrons. The minimum Gasteiger partial charge on any atom is -0.376 e. The summed E-state index contributed by atoms with van der Waals surface area (Å²) in [6.45, 7) is 7.96. The van der Waals surface area contributed by atoms with E-state index < -0.39 is 11.8 Å². The van der Waals surface area contributed by atoms with Crippen molar-refractivity contribution < 1.29 is 18.3 Å². The molecule has 0 aromatic carbocycles. The fourth-order valence-corrected chi connectivity index (χ4v) is 1.91. The van der Waals surface area contributed by atoms with Crippen molar-refractivity contribution in [3.8, 4) is 5.69 Å². The van der Waals surface area contributed by atoms with E-state index in [9.17, 15) is 18.3 Å². The fraction of sp³-hybridized carbons (Fsp3) is 0.200. The normalized spacial score (nSPS) is 14.4. The summed E-state index contributed by atoms with van der Waals surface area (Å²) in [5.41, 5.74) is -1.84. The molecule has 1 atom stereocenters. The molecule has 7 heteroatoms. The molecule has 2 aromatic heterocycles. The summed E-state index contributed by atoms with van der Waals surface area (Å²) >= 11 is 0. The van der Waals surface area contributed by atoms with E-state index in [-0.39, 0.29) is 11.3 Å². The second kappa shape index (κ2) is 5.42. The number of halogens is 3. The average molecular weight is 309 g/mol. The number of hydrogen-bond donors (Lipinski definition) is 1. The topological polar surface area (TPSA) is 50.9 Å². The standard InChI is InChI=1S/C15H14F3N3O/c1-4-10-7-20-21(13(10)5-2)12-6-11(8-19-9-12)14(3,22)15(16,17)18/h4-9,22H,1-2H2,3H3. The molecular weight excluding hydrogens is 295 g/mol. The van der Waals surface area contributed by atoms with Crippen molar-refractivity contribution in [3.63, 3.8) is 0 Å². The highest BCUT2D eigenvalue weighted by Gasteiger charge is 2.51. The maximum atomic E-state index is 12.9. The molecule has 0 aliphatic rings.